The number of hydrogen-bond donors (Lipinski definition) is 5. The Hall–Kier alpha value is -5.24. The summed E-state index contributed by atoms with van der Waals surface area (Å²) in [4.78, 5) is 46.6. The Bertz CT molecular complexity index is 2310. The highest BCUT2D eigenvalue weighted by molar-refractivity contribution is 6.28. The van der Waals surface area contributed by atoms with Gasteiger partial charge >= 0.3 is 5.79 Å². The summed E-state index contributed by atoms with van der Waals surface area (Å²) in [5.74, 6) is -7.10. The lowest BCUT2D eigenvalue weighted by Gasteiger charge is -2.32. The molecule has 4 bridgehead atoms. The summed E-state index contributed by atoms with van der Waals surface area (Å²) in [6, 6.07) is 3.64. The molecule has 0 saturated carbocycles. The van der Waals surface area contributed by atoms with E-state index in [-0.39, 0.29) is 61.5 Å². The van der Waals surface area contributed by atoms with Gasteiger partial charge in [-0.25, -0.2) is 4.98 Å². The van der Waals surface area contributed by atoms with E-state index in [1.54, 1.807) is 69.5 Å². The van der Waals surface area contributed by atoms with E-state index in [0.717, 1.165) is 5.56 Å². The molecule has 1 amide bonds. The van der Waals surface area contributed by atoms with Crippen molar-refractivity contribution in [3.63, 3.8) is 0 Å². The van der Waals surface area contributed by atoms with Crippen molar-refractivity contribution >= 4 is 50.6 Å². The number of methoxy groups -OCH3 is 1. The monoisotopic (exact) mass is 741 g/mol. The third kappa shape index (κ3) is 6.19. The lowest BCUT2D eigenvalue weighted by Crippen LogP contribution is -2.42. The van der Waals surface area contributed by atoms with Gasteiger partial charge in [-0.15, -0.1) is 0 Å². The number of nitrogens with zero attached hydrogens (tertiary/aromatic N) is 2. The second-order valence-electron chi connectivity index (χ2n) is 14.8. The van der Waals surface area contributed by atoms with E-state index < -0.39 is 65.2 Å². The summed E-state index contributed by atoms with van der Waals surface area (Å²) in [5.41, 5.74) is 2.19. The van der Waals surface area contributed by atoms with Crippen molar-refractivity contribution in [2.45, 2.75) is 79.5 Å². The molecule has 2 aliphatic heterocycles. The molecule has 8 atom stereocenters. The SMILES string of the molecule is COC1/C=C/O[C@@]2(C)Oc3c(C)c(O)c4c(O)c(c5c(nc6cc(C)ccn65)c4c3C2=O)NC(=O)/C(C)=C\C=C\C(C)C(O)C(C)C(O)C(C)C(=O)C1C. The van der Waals surface area contributed by atoms with Crippen LogP contribution in [0.5, 0.6) is 17.2 Å². The summed E-state index contributed by atoms with van der Waals surface area (Å²) in [7, 11) is 1.42. The van der Waals surface area contributed by atoms with Crippen LogP contribution in [0.15, 0.2) is 54.5 Å². The van der Waals surface area contributed by atoms with Crippen LogP contribution in [-0.2, 0) is 19.1 Å². The number of fused-ring (bicyclic) bond motifs is 2. The number of aromatic nitrogens is 2. The van der Waals surface area contributed by atoms with Crippen molar-refractivity contribution in [2.75, 3.05) is 12.4 Å². The second kappa shape index (κ2) is 14.2. The minimum atomic E-state index is -1.95. The van der Waals surface area contributed by atoms with Crippen LogP contribution >= 0.6 is 0 Å². The number of allylic oxidation sites excluding steroid dienone is 2. The van der Waals surface area contributed by atoms with Gasteiger partial charge in [0.15, 0.2) is 5.75 Å². The van der Waals surface area contributed by atoms with Crippen LogP contribution in [0.3, 0.4) is 0 Å². The van der Waals surface area contributed by atoms with E-state index in [2.05, 4.69) is 5.32 Å². The molecule has 0 radical (unpaired) electrons. The Balaban J connectivity index is 1.58. The normalized spacial score (nSPS) is 30.7. The van der Waals surface area contributed by atoms with Crippen molar-refractivity contribution < 1.29 is 49.0 Å². The number of amides is 1. The molecule has 13 heteroatoms. The average molecular weight is 742 g/mol. The first-order valence-corrected chi connectivity index (χ1v) is 17.9. The second-order valence-corrected chi connectivity index (χ2v) is 14.8. The fraction of sp³-hybridized carbons (Fsp3) is 0.415. The minimum absolute atomic E-state index is 0.0188. The molecule has 0 saturated heterocycles. The van der Waals surface area contributed by atoms with E-state index in [1.807, 2.05) is 13.0 Å². The number of phenols is 2. The number of hydrogen-bond acceptors (Lipinski definition) is 11. The Morgan fingerprint density at radius 1 is 0.963 bits per heavy atom. The lowest BCUT2D eigenvalue weighted by molar-refractivity contribution is -0.135. The molecule has 0 fully saturated rings. The van der Waals surface area contributed by atoms with Crippen molar-refractivity contribution in [1.82, 2.24) is 9.38 Å². The molecular weight excluding hydrogens is 694 g/mol. The third-order valence-electron chi connectivity index (χ3n) is 11.0. The number of aryl methyl sites for hydroxylation is 1. The lowest BCUT2D eigenvalue weighted by atomic mass is 9.79. The van der Waals surface area contributed by atoms with Gasteiger partial charge in [0.25, 0.3) is 11.7 Å². The van der Waals surface area contributed by atoms with Crippen molar-refractivity contribution in [3.8, 4) is 17.2 Å². The molecule has 6 rings (SSSR count). The van der Waals surface area contributed by atoms with Gasteiger partial charge in [0.2, 0.25) is 0 Å². The number of rotatable bonds is 1. The van der Waals surface area contributed by atoms with Gasteiger partial charge in [0.1, 0.15) is 39.7 Å². The third-order valence-corrected chi connectivity index (χ3v) is 11.0. The Morgan fingerprint density at radius 3 is 2.35 bits per heavy atom. The number of pyridine rings is 1. The molecule has 0 spiro atoms. The fourth-order valence-corrected chi connectivity index (χ4v) is 7.47. The van der Waals surface area contributed by atoms with E-state index in [4.69, 9.17) is 19.2 Å². The number of ether oxygens (including phenoxy) is 3. The first-order valence-electron chi connectivity index (χ1n) is 17.9. The zero-order valence-electron chi connectivity index (χ0n) is 31.8. The molecule has 0 aliphatic carbocycles. The predicted octanol–water partition coefficient (Wildman–Crippen LogP) is 5.80. The largest absolute Gasteiger partial charge is 0.507 e. The summed E-state index contributed by atoms with van der Waals surface area (Å²) in [5, 5.41) is 48.7. The van der Waals surface area contributed by atoms with Crippen molar-refractivity contribution in [1.29, 1.82) is 0 Å². The number of ketones is 2. The van der Waals surface area contributed by atoms with E-state index in [0.29, 0.717) is 5.65 Å². The summed E-state index contributed by atoms with van der Waals surface area (Å²) >= 11 is 0. The molecule has 2 aliphatic rings. The number of phenolic OH excluding ortho intramolecular Hbond substituents is 2. The number of aliphatic hydroxyl groups excluding tert-OH is 2. The van der Waals surface area contributed by atoms with E-state index >= 15 is 0 Å². The van der Waals surface area contributed by atoms with Crippen LogP contribution in [0, 0.1) is 37.5 Å². The molecule has 54 heavy (non-hydrogen) atoms. The predicted molar refractivity (Wildman–Crippen MR) is 203 cm³/mol. The average Bonchev–Trinajstić information content (AvgIpc) is 3.64. The highest BCUT2D eigenvalue weighted by atomic mass is 16.7. The Labute approximate surface area is 312 Å². The molecule has 4 aromatic rings. The van der Waals surface area contributed by atoms with Crippen molar-refractivity contribution in [3.05, 3.63) is 71.2 Å². The number of aromatic hydroxyl groups is 2. The molecule has 4 heterocycles. The van der Waals surface area contributed by atoms with Gasteiger partial charge in [-0.1, -0.05) is 45.9 Å². The number of carbonyl (C=O) groups is 3. The zero-order chi connectivity index (χ0) is 39.5. The van der Waals surface area contributed by atoms with Gasteiger partial charge in [0, 0.05) is 60.4 Å². The summed E-state index contributed by atoms with van der Waals surface area (Å²) < 4.78 is 19.4. The van der Waals surface area contributed by atoms with Crippen LogP contribution in [-0.4, -0.2) is 78.5 Å². The number of imidazole rings is 1. The van der Waals surface area contributed by atoms with Crippen LogP contribution < -0.4 is 10.1 Å². The number of nitrogens with one attached hydrogen (secondary N) is 1. The molecule has 2 aromatic heterocycles. The van der Waals surface area contributed by atoms with E-state index in [1.165, 1.54) is 33.3 Å². The molecule has 286 valence electrons. The number of anilines is 1. The standard InChI is InChI=1S/C41H47N3O10/c1-18-13-15-44-26(17-18)42-30-27-28-36(48)24(7)38-29(27)39(50)41(8,54-38)53-16-14-25(52-9)21(4)34(46)23(6)35(47)22(5)33(45)19(2)11-10-12-20(3)40(51)43-31(32(30)44)37(28)49/h10-17,19,21-23,25,33,35,45,47-49H,1-9H3,(H,43,51)/b11-10+,16-14+,20-12-/t19?,21?,22?,23?,25?,33?,35?,41-/m0/s1. The smallest absolute Gasteiger partial charge is 0.312 e. The van der Waals surface area contributed by atoms with Gasteiger partial charge in [-0.2, -0.15) is 0 Å². The van der Waals surface area contributed by atoms with Gasteiger partial charge in [-0.05, 0) is 44.5 Å². The number of Topliss-reactive ketones (excluding diaryl/α,β-unsaturated/α-hetero) is 2. The maximum atomic E-state index is 14.4. The topological polar surface area (TPSA) is 189 Å². The quantitative estimate of drug-likeness (QED) is 0.148. The Morgan fingerprint density at radius 2 is 1.67 bits per heavy atom. The Kier molecular flexibility index (Phi) is 10.1. The highest BCUT2D eigenvalue weighted by Crippen LogP contribution is 2.54. The molecule has 13 nitrogen and oxygen atoms in total. The van der Waals surface area contributed by atoms with Gasteiger partial charge in [0.05, 0.1) is 35.5 Å². The number of carbonyl (C=O) groups excluding carboxylic acids is 3. The highest BCUT2D eigenvalue weighted by Gasteiger charge is 2.49. The molecule has 2 aromatic carbocycles. The summed E-state index contributed by atoms with van der Waals surface area (Å²) in [6.07, 6.45) is 6.22. The molecule has 5 N–H and O–H groups in total. The van der Waals surface area contributed by atoms with Crippen LogP contribution in [0.4, 0.5) is 5.69 Å². The van der Waals surface area contributed by atoms with Crippen LogP contribution in [0.2, 0.25) is 0 Å². The molecule has 7 unspecified atom stereocenters. The van der Waals surface area contributed by atoms with Gasteiger partial charge < -0.3 is 40.0 Å². The van der Waals surface area contributed by atoms with Gasteiger partial charge in [-0.3, -0.25) is 18.8 Å². The van der Waals surface area contributed by atoms with Crippen LogP contribution in [0.1, 0.15) is 63.0 Å². The maximum Gasteiger partial charge on any atom is 0.312 e. The fourth-order valence-electron chi connectivity index (χ4n) is 7.47. The maximum absolute atomic E-state index is 14.4. The first kappa shape index (κ1) is 38.5. The molecular formula is C41H47N3O10. The summed E-state index contributed by atoms with van der Waals surface area (Å²) in [6.45, 7) is 13.1. The number of aliphatic hydroxyl groups is 2. The van der Waals surface area contributed by atoms with Crippen LogP contribution in [0.25, 0.3) is 27.5 Å². The zero-order valence-corrected chi connectivity index (χ0v) is 31.8. The minimum Gasteiger partial charge on any atom is -0.507 e. The van der Waals surface area contributed by atoms with Crippen molar-refractivity contribution in [2.24, 2.45) is 23.7 Å². The first-order chi connectivity index (χ1) is 25.4. The number of benzene rings is 2. The van der Waals surface area contributed by atoms with E-state index in [9.17, 15) is 34.8 Å².